The highest BCUT2D eigenvalue weighted by Gasteiger charge is 2.25. The Kier molecular flexibility index (Phi) is 5.88. The van der Waals surface area contributed by atoms with E-state index in [0.29, 0.717) is 5.92 Å². The van der Waals surface area contributed by atoms with E-state index in [9.17, 15) is 4.79 Å². The molecule has 1 heteroatoms. The number of allylic oxidation sites excluding steroid dienone is 2. The number of aryl methyl sites for hydroxylation is 2. The van der Waals surface area contributed by atoms with Crippen molar-refractivity contribution >= 4 is 17.9 Å². The summed E-state index contributed by atoms with van der Waals surface area (Å²) in [6.45, 7) is 6.54. The molecule has 26 heavy (non-hydrogen) atoms. The molecule has 0 N–H and O–H groups in total. The first-order valence-corrected chi connectivity index (χ1v) is 9.72. The normalized spacial score (nSPS) is 20.7. The Balaban J connectivity index is 1.86. The molecule has 134 valence electrons. The first kappa shape index (κ1) is 18.4. The maximum atomic E-state index is 13.0. The van der Waals surface area contributed by atoms with Crippen molar-refractivity contribution in [1.29, 1.82) is 0 Å². The van der Waals surface area contributed by atoms with Gasteiger partial charge in [0.05, 0.1) is 0 Å². The molecular weight excluding hydrogens is 316 g/mol. The zero-order valence-electron chi connectivity index (χ0n) is 16.1. The fourth-order valence-electron chi connectivity index (χ4n) is 3.57. The average molecular weight is 344 g/mol. The van der Waals surface area contributed by atoms with Crippen LogP contribution in [0.5, 0.6) is 0 Å². The third kappa shape index (κ3) is 4.40. The first-order chi connectivity index (χ1) is 12.6. The lowest BCUT2D eigenvalue weighted by Gasteiger charge is -2.22. The number of hydrogen-bond donors (Lipinski definition) is 0. The van der Waals surface area contributed by atoms with Crippen molar-refractivity contribution < 1.29 is 4.79 Å². The molecule has 0 aliphatic heterocycles. The second-order valence-electron chi connectivity index (χ2n) is 7.37. The second kappa shape index (κ2) is 8.31. The third-order valence-electron chi connectivity index (χ3n) is 5.18. The van der Waals surface area contributed by atoms with Gasteiger partial charge in [0.1, 0.15) is 0 Å². The molecule has 0 saturated heterocycles. The highest BCUT2D eigenvalue weighted by atomic mass is 16.1. The van der Waals surface area contributed by atoms with Crippen LogP contribution in [0.2, 0.25) is 0 Å². The van der Waals surface area contributed by atoms with Gasteiger partial charge in [-0.05, 0) is 66.0 Å². The summed E-state index contributed by atoms with van der Waals surface area (Å²) >= 11 is 0. The van der Waals surface area contributed by atoms with E-state index in [1.54, 1.807) is 0 Å². The fourth-order valence-corrected chi connectivity index (χ4v) is 3.57. The molecule has 2 aromatic rings. The maximum Gasteiger partial charge on any atom is 0.185 e. The van der Waals surface area contributed by atoms with E-state index in [2.05, 4.69) is 81.5 Å². The van der Waals surface area contributed by atoms with E-state index in [0.717, 1.165) is 48.0 Å². The molecule has 0 heterocycles. The standard InChI is InChI=1S/C25H28O/c1-4-19-6-10-21(11-7-19)16-23-14-18(3)15-24(25(23)26)17-22-12-8-20(5-2)9-13-22/h6-13,16-18H,4-5,14-15H2,1-3H3/b23-16-,24-17+. The van der Waals surface area contributed by atoms with E-state index in [1.807, 2.05) is 0 Å². The molecular formula is C25H28O. The average Bonchev–Trinajstić information content (AvgIpc) is 2.66. The lowest BCUT2D eigenvalue weighted by molar-refractivity contribution is -0.113. The van der Waals surface area contributed by atoms with Gasteiger partial charge in [0.2, 0.25) is 0 Å². The highest BCUT2D eigenvalue weighted by Crippen LogP contribution is 2.32. The molecule has 1 saturated carbocycles. The SMILES string of the molecule is CCc1ccc(/C=C2/CC(C)C/C(=C\c3ccc(CC)cc3)C2=O)cc1. The van der Waals surface area contributed by atoms with Crippen molar-refractivity contribution in [2.24, 2.45) is 5.92 Å². The first-order valence-electron chi connectivity index (χ1n) is 9.72. The Bertz CT molecular complexity index is 750. The van der Waals surface area contributed by atoms with Crippen LogP contribution in [0, 0.1) is 5.92 Å². The molecule has 0 amide bonds. The van der Waals surface area contributed by atoms with Gasteiger partial charge in [0, 0.05) is 11.1 Å². The van der Waals surface area contributed by atoms with Crippen LogP contribution in [-0.4, -0.2) is 5.78 Å². The minimum absolute atomic E-state index is 0.210. The fraction of sp³-hybridized carbons (Fsp3) is 0.320. The summed E-state index contributed by atoms with van der Waals surface area (Å²) in [5, 5.41) is 0. The second-order valence-corrected chi connectivity index (χ2v) is 7.37. The van der Waals surface area contributed by atoms with Gasteiger partial charge in [-0.15, -0.1) is 0 Å². The zero-order chi connectivity index (χ0) is 18.5. The molecule has 0 aromatic heterocycles. The van der Waals surface area contributed by atoms with Crippen LogP contribution >= 0.6 is 0 Å². The summed E-state index contributed by atoms with van der Waals surface area (Å²) in [5.74, 6) is 0.706. The zero-order valence-corrected chi connectivity index (χ0v) is 16.1. The molecule has 1 fully saturated rings. The predicted molar refractivity (Wildman–Crippen MR) is 111 cm³/mol. The smallest absolute Gasteiger partial charge is 0.185 e. The number of ketones is 1. The summed E-state index contributed by atoms with van der Waals surface area (Å²) in [4.78, 5) is 13.0. The lowest BCUT2D eigenvalue weighted by Crippen LogP contribution is -2.18. The van der Waals surface area contributed by atoms with Crippen LogP contribution < -0.4 is 0 Å². The van der Waals surface area contributed by atoms with Crippen LogP contribution in [0.4, 0.5) is 0 Å². The quantitative estimate of drug-likeness (QED) is 0.597. The van der Waals surface area contributed by atoms with Crippen LogP contribution in [-0.2, 0) is 17.6 Å². The molecule has 0 radical (unpaired) electrons. The minimum atomic E-state index is 0.210. The van der Waals surface area contributed by atoms with Crippen molar-refractivity contribution in [3.8, 4) is 0 Å². The van der Waals surface area contributed by atoms with Gasteiger partial charge >= 0.3 is 0 Å². The van der Waals surface area contributed by atoms with Gasteiger partial charge in [0.15, 0.2) is 5.78 Å². The molecule has 1 atom stereocenters. The number of carbonyl (C=O) groups excluding carboxylic acids is 1. The van der Waals surface area contributed by atoms with Crippen LogP contribution in [0.25, 0.3) is 12.2 Å². The van der Waals surface area contributed by atoms with Gasteiger partial charge < -0.3 is 0 Å². The maximum absolute atomic E-state index is 13.0. The van der Waals surface area contributed by atoms with Crippen LogP contribution in [0.1, 0.15) is 55.9 Å². The molecule has 1 aliphatic rings. The van der Waals surface area contributed by atoms with Crippen LogP contribution in [0.3, 0.4) is 0 Å². The minimum Gasteiger partial charge on any atom is -0.289 e. The molecule has 3 rings (SSSR count). The Labute approximate surface area is 157 Å². The number of benzene rings is 2. The summed E-state index contributed by atoms with van der Waals surface area (Å²) in [7, 11) is 0. The van der Waals surface area contributed by atoms with Crippen molar-refractivity contribution in [3.63, 3.8) is 0 Å². The Morgan fingerprint density at radius 3 is 1.50 bits per heavy atom. The molecule has 2 aromatic carbocycles. The van der Waals surface area contributed by atoms with Crippen molar-refractivity contribution in [3.05, 3.63) is 81.9 Å². The highest BCUT2D eigenvalue weighted by molar-refractivity contribution is 6.14. The largest absolute Gasteiger partial charge is 0.289 e. The molecule has 1 unspecified atom stereocenters. The molecule has 0 spiro atoms. The Hall–Kier alpha value is -2.41. The van der Waals surface area contributed by atoms with E-state index in [4.69, 9.17) is 0 Å². The summed E-state index contributed by atoms with van der Waals surface area (Å²) < 4.78 is 0. The summed E-state index contributed by atoms with van der Waals surface area (Å²) in [6.07, 6.45) is 7.95. The van der Waals surface area contributed by atoms with Gasteiger partial charge in [0.25, 0.3) is 0 Å². The van der Waals surface area contributed by atoms with E-state index in [-0.39, 0.29) is 5.78 Å². The van der Waals surface area contributed by atoms with Crippen LogP contribution in [0.15, 0.2) is 59.7 Å². The molecule has 1 nitrogen and oxygen atoms in total. The molecule has 0 bridgehead atoms. The number of Topliss-reactive ketones (excluding diaryl/α,β-unsaturated/α-hetero) is 1. The van der Waals surface area contributed by atoms with E-state index >= 15 is 0 Å². The Morgan fingerprint density at radius 1 is 0.769 bits per heavy atom. The third-order valence-corrected chi connectivity index (χ3v) is 5.18. The number of hydrogen-bond acceptors (Lipinski definition) is 1. The monoisotopic (exact) mass is 344 g/mol. The van der Waals surface area contributed by atoms with Crippen molar-refractivity contribution in [2.45, 2.75) is 46.5 Å². The van der Waals surface area contributed by atoms with E-state index in [1.165, 1.54) is 11.1 Å². The van der Waals surface area contributed by atoms with Gasteiger partial charge in [-0.3, -0.25) is 4.79 Å². The predicted octanol–water partition coefficient (Wildman–Crippen LogP) is 6.28. The summed E-state index contributed by atoms with van der Waals surface area (Å²) in [5.41, 5.74) is 6.75. The number of carbonyl (C=O) groups is 1. The van der Waals surface area contributed by atoms with Gasteiger partial charge in [-0.25, -0.2) is 0 Å². The topological polar surface area (TPSA) is 17.1 Å². The van der Waals surface area contributed by atoms with Gasteiger partial charge in [-0.2, -0.15) is 0 Å². The Morgan fingerprint density at radius 2 is 1.15 bits per heavy atom. The lowest BCUT2D eigenvalue weighted by atomic mass is 9.80. The van der Waals surface area contributed by atoms with E-state index < -0.39 is 0 Å². The van der Waals surface area contributed by atoms with Crippen molar-refractivity contribution in [2.75, 3.05) is 0 Å². The number of rotatable bonds is 4. The van der Waals surface area contributed by atoms with Gasteiger partial charge in [-0.1, -0.05) is 69.3 Å². The molecule has 1 aliphatic carbocycles. The summed E-state index contributed by atoms with van der Waals surface area (Å²) in [6, 6.07) is 17.1. The van der Waals surface area contributed by atoms with Crippen molar-refractivity contribution in [1.82, 2.24) is 0 Å².